The quantitative estimate of drug-likeness (QED) is 0.166. The van der Waals surface area contributed by atoms with E-state index in [2.05, 4.69) is 323 Å². The van der Waals surface area contributed by atoms with Gasteiger partial charge in [0.25, 0.3) is 0 Å². The first-order valence-electron chi connectivity index (χ1n) is 31.7. The summed E-state index contributed by atoms with van der Waals surface area (Å²) in [6, 6.07) is 87.2. The molecule has 0 saturated carbocycles. The summed E-state index contributed by atoms with van der Waals surface area (Å²) in [5.41, 5.74) is 24.3. The van der Waals surface area contributed by atoms with Crippen molar-refractivity contribution < 1.29 is 8.83 Å². The number of nitrogens with zero attached hydrogens (tertiary/aromatic N) is 2. The molecule has 0 amide bonds. The number of hydrogen-bond acceptors (Lipinski definition) is 4. The normalized spacial score (nSPS) is 13.7. The highest BCUT2D eigenvalue weighted by atomic mass is 16.3. The van der Waals surface area contributed by atoms with Crippen LogP contribution in [0, 0.1) is 0 Å². The van der Waals surface area contributed by atoms with Crippen LogP contribution >= 0.6 is 0 Å². The van der Waals surface area contributed by atoms with Crippen molar-refractivity contribution in [1.82, 2.24) is 0 Å². The Kier molecular flexibility index (Phi) is 11.8. The molecule has 0 saturated heterocycles. The number of para-hydroxylation sites is 2. The summed E-state index contributed by atoms with van der Waals surface area (Å²) in [5, 5.41) is 8.84. The molecule has 12 aromatic carbocycles. The van der Waals surface area contributed by atoms with Gasteiger partial charge in [0.2, 0.25) is 0 Å². The van der Waals surface area contributed by atoms with Crippen molar-refractivity contribution in [3.05, 3.63) is 275 Å². The Labute approximate surface area is 522 Å². The van der Waals surface area contributed by atoms with Crippen LogP contribution in [0.25, 0.3) is 87.7 Å². The van der Waals surface area contributed by atoms with Gasteiger partial charge in [-0.1, -0.05) is 217 Å². The van der Waals surface area contributed by atoms with Crippen LogP contribution in [-0.2, 0) is 27.1 Å². The van der Waals surface area contributed by atoms with Crippen molar-refractivity contribution >= 4 is 99.5 Å². The van der Waals surface area contributed by atoms with Crippen LogP contribution in [0.5, 0.6) is 0 Å². The molecule has 0 aliphatic heterocycles. The minimum Gasteiger partial charge on any atom is -0.455 e. The monoisotopic (exact) mass is 1150 g/mol. The molecule has 89 heavy (non-hydrogen) atoms. The van der Waals surface area contributed by atoms with E-state index in [1.54, 1.807) is 0 Å². The van der Waals surface area contributed by atoms with Crippen molar-refractivity contribution in [2.75, 3.05) is 9.80 Å². The molecule has 2 aliphatic rings. The van der Waals surface area contributed by atoms with Crippen molar-refractivity contribution in [2.24, 2.45) is 0 Å². The molecule has 0 fully saturated rings. The lowest BCUT2D eigenvalue weighted by Gasteiger charge is -2.31. The van der Waals surface area contributed by atoms with Crippen molar-refractivity contribution in [3.63, 3.8) is 0 Å². The van der Waals surface area contributed by atoms with E-state index in [1.807, 2.05) is 0 Å². The molecule has 1 spiro atoms. The Bertz CT molecular complexity index is 5040. The van der Waals surface area contributed by atoms with Gasteiger partial charge in [-0.3, -0.25) is 0 Å². The molecule has 2 heterocycles. The van der Waals surface area contributed by atoms with E-state index in [0.717, 1.165) is 99.5 Å². The predicted molar refractivity (Wildman–Crippen MR) is 376 cm³/mol. The van der Waals surface area contributed by atoms with Crippen LogP contribution in [0.3, 0.4) is 0 Å². The lowest BCUT2D eigenvalue weighted by atomic mass is 9.70. The smallest absolute Gasteiger partial charge is 0.160 e. The average Bonchev–Trinajstić information content (AvgIpc) is 1.51. The second kappa shape index (κ2) is 19.2. The molecule has 0 atom stereocenters. The van der Waals surface area contributed by atoms with E-state index in [0.29, 0.717) is 0 Å². The summed E-state index contributed by atoms with van der Waals surface area (Å²) >= 11 is 0. The fraction of sp³-hybridized carbons (Fsp3) is 0.200. The molecule has 2 aliphatic carbocycles. The van der Waals surface area contributed by atoms with Crippen molar-refractivity contribution in [2.45, 2.75) is 110 Å². The molecule has 14 aromatic rings. The first-order chi connectivity index (χ1) is 42.6. The average molecular weight is 1160 g/mol. The topological polar surface area (TPSA) is 32.8 Å². The van der Waals surface area contributed by atoms with Crippen molar-refractivity contribution in [1.29, 1.82) is 0 Å². The Balaban J connectivity index is 1.01. The summed E-state index contributed by atoms with van der Waals surface area (Å²) in [4.78, 5) is 4.89. The van der Waals surface area contributed by atoms with E-state index < -0.39 is 5.41 Å². The third kappa shape index (κ3) is 8.32. The molecule has 0 radical (unpaired) electrons. The fourth-order valence-electron chi connectivity index (χ4n) is 15.0. The Morgan fingerprint density at radius 1 is 0.281 bits per heavy atom. The number of hydrogen-bond donors (Lipinski definition) is 0. The minimum absolute atomic E-state index is 0.00921. The third-order valence-electron chi connectivity index (χ3n) is 19.7. The predicted octanol–water partition coefficient (Wildman–Crippen LogP) is 24.3. The van der Waals surface area contributed by atoms with Crippen LogP contribution < -0.4 is 9.80 Å². The lowest BCUT2D eigenvalue weighted by molar-refractivity contribution is 0.590. The van der Waals surface area contributed by atoms with E-state index in [-0.39, 0.29) is 21.7 Å². The molecule has 0 N–H and O–H groups in total. The van der Waals surface area contributed by atoms with Gasteiger partial charge in [0.15, 0.2) is 5.58 Å². The molecule has 2 aromatic heterocycles. The van der Waals surface area contributed by atoms with Crippen LogP contribution in [0.4, 0.5) is 34.1 Å². The van der Waals surface area contributed by atoms with E-state index >= 15 is 0 Å². The maximum absolute atomic E-state index is 7.31. The number of furan rings is 2. The highest BCUT2D eigenvalue weighted by Gasteiger charge is 2.52. The number of anilines is 6. The molecule has 4 nitrogen and oxygen atoms in total. The SMILES string of the molecule is CC(C)(C)c1ccc(N(c2ccc(C(C)(C)C)cc2)c2cc3cc4c(cc3c3c2oc2ccccc23)-c2cc3c(cc2C42c4ccccc4-c4ccccc42)cc(N(c2ccc(C(C)(C)C)cc2)c2ccc(C(C)(C)C)cc2)c2c4ccccc4oc32)cc1. The van der Waals surface area contributed by atoms with Gasteiger partial charge in [-0.25, -0.2) is 0 Å². The van der Waals surface area contributed by atoms with Gasteiger partial charge in [0.05, 0.1) is 22.2 Å². The van der Waals surface area contributed by atoms with E-state index in [1.165, 1.54) is 66.8 Å². The zero-order chi connectivity index (χ0) is 61.3. The largest absolute Gasteiger partial charge is 0.455 e. The highest BCUT2D eigenvalue weighted by molar-refractivity contribution is 6.26. The zero-order valence-electron chi connectivity index (χ0n) is 53.2. The Morgan fingerprint density at radius 2 is 0.629 bits per heavy atom. The maximum atomic E-state index is 7.31. The second-order valence-electron chi connectivity index (χ2n) is 29.3. The molecular formula is C85H74N2O2. The van der Waals surface area contributed by atoms with Gasteiger partial charge in [-0.15, -0.1) is 0 Å². The molecule has 436 valence electrons. The molecule has 0 unspecified atom stereocenters. The Morgan fingerprint density at radius 3 is 1.07 bits per heavy atom. The summed E-state index contributed by atoms with van der Waals surface area (Å²) in [7, 11) is 0. The number of benzene rings is 12. The first kappa shape index (κ1) is 54.7. The lowest BCUT2D eigenvalue weighted by Crippen LogP contribution is -2.25. The van der Waals surface area contributed by atoms with Gasteiger partial charge in [-0.2, -0.15) is 0 Å². The summed E-state index contributed by atoms with van der Waals surface area (Å²) in [6.45, 7) is 27.4. The minimum atomic E-state index is -0.673. The molecule has 16 rings (SSSR count). The second-order valence-corrected chi connectivity index (χ2v) is 29.3. The van der Waals surface area contributed by atoms with E-state index in [4.69, 9.17) is 8.83 Å². The highest BCUT2D eigenvalue weighted by Crippen LogP contribution is 2.65. The van der Waals surface area contributed by atoms with Gasteiger partial charge in [0.1, 0.15) is 16.7 Å². The van der Waals surface area contributed by atoms with E-state index in [9.17, 15) is 0 Å². The van der Waals surface area contributed by atoms with Crippen LogP contribution in [-0.4, -0.2) is 0 Å². The maximum Gasteiger partial charge on any atom is 0.160 e. The van der Waals surface area contributed by atoms with Crippen molar-refractivity contribution in [3.8, 4) is 22.3 Å². The molecule has 0 bridgehead atoms. The molecule has 4 heteroatoms. The number of fused-ring (bicyclic) bond motifs is 20. The van der Waals surface area contributed by atoms with Gasteiger partial charge in [0, 0.05) is 44.3 Å². The summed E-state index contributed by atoms with van der Waals surface area (Å²) in [5.74, 6) is 0. The Hall–Kier alpha value is -9.64. The standard InChI is InChI=1S/C85H74N2O2/c1-81(2,3)53-29-37-57(38-30-53)86(58-39-31-54(32-40-58)82(4,5)6)73-47-52-46-72-68(50-66(52)79-78(73)64-24-16-20-28-76(64)88-79)67-49-65-51(45-71(67)85(72)69-25-17-13-21-61(69)62-22-14-18-26-70(62)85)48-74(80-77(65)63-23-15-19-27-75(63)89-80)87(59-41-33-55(34-42-59)83(7,8)9)60-43-35-56(36-44-60)84(10,11)12/h13-50H,1-12H3. The van der Waals surface area contributed by atoms with Crippen LogP contribution in [0.1, 0.15) is 128 Å². The third-order valence-corrected chi connectivity index (χ3v) is 19.7. The summed E-state index contributed by atoms with van der Waals surface area (Å²) in [6.07, 6.45) is 0. The van der Waals surface area contributed by atoms with Crippen LogP contribution in [0.2, 0.25) is 0 Å². The van der Waals surface area contributed by atoms with Gasteiger partial charge in [-0.05, 0) is 202 Å². The first-order valence-corrected chi connectivity index (χ1v) is 31.7. The van der Waals surface area contributed by atoms with Crippen LogP contribution in [0.15, 0.2) is 239 Å². The fourth-order valence-corrected chi connectivity index (χ4v) is 15.0. The zero-order valence-corrected chi connectivity index (χ0v) is 53.2. The number of rotatable bonds is 6. The summed E-state index contributed by atoms with van der Waals surface area (Å²) < 4.78 is 14.6. The van der Waals surface area contributed by atoms with Gasteiger partial charge < -0.3 is 18.6 Å². The van der Waals surface area contributed by atoms with Gasteiger partial charge >= 0.3 is 0 Å². The molecular weight excluding hydrogens is 1080 g/mol.